The summed E-state index contributed by atoms with van der Waals surface area (Å²) >= 11 is 0. The van der Waals surface area contributed by atoms with Crippen LogP contribution in [0.5, 0.6) is 5.75 Å². The Morgan fingerprint density at radius 1 is 0.812 bits per heavy atom. The van der Waals surface area contributed by atoms with Gasteiger partial charge in [0.1, 0.15) is 5.75 Å². The summed E-state index contributed by atoms with van der Waals surface area (Å²) in [6.07, 6.45) is 18.7. The van der Waals surface area contributed by atoms with Gasteiger partial charge in [0, 0.05) is 0 Å². The van der Waals surface area contributed by atoms with E-state index in [-0.39, 0.29) is 5.75 Å². The van der Waals surface area contributed by atoms with Crippen molar-refractivity contribution in [3.8, 4) is 5.75 Å². The number of hydrogen-bond acceptors (Lipinski definition) is 1. The highest BCUT2D eigenvalue weighted by molar-refractivity contribution is 5.28. The summed E-state index contributed by atoms with van der Waals surface area (Å²) in [7, 11) is 0. The maximum Gasteiger partial charge on any atom is 0.573 e. The fourth-order valence-corrected chi connectivity index (χ4v) is 5.86. The summed E-state index contributed by atoms with van der Waals surface area (Å²) in [4.78, 5) is 0. The van der Waals surface area contributed by atoms with Crippen LogP contribution in [0, 0.1) is 23.7 Å². The van der Waals surface area contributed by atoms with Crippen molar-refractivity contribution < 1.29 is 17.9 Å². The van der Waals surface area contributed by atoms with Gasteiger partial charge in [-0.25, -0.2) is 0 Å². The van der Waals surface area contributed by atoms with Crippen molar-refractivity contribution in [2.45, 2.75) is 103 Å². The van der Waals surface area contributed by atoms with E-state index in [9.17, 15) is 13.2 Å². The highest BCUT2D eigenvalue weighted by Crippen LogP contribution is 2.43. The van der Waals surface area contributed by atoms with Gasteiger partial charge in [-0.15, -0.1) is 13.2 Å². The second-order valence-corrected chi connectivity index (χ2v) is 10.2. The molecule has 0 amide bonds. The fraction of sp³-hybridized carbons (Fsp3) is 0.714. The lowest BCUT2D eigenvalue weighted by molar-refractivity contribution is -0.274. The molecular formula is C28H41F3O. The molecular weight excluding hydrogens is 409 g/mol. The molecule has 4 heteroatoms. The minimum Gasteiger partial charge on any atom is -0.406 e. The van der Waals surface area contributed by atoms with E-state index in [4.69, 9.17) is 0 Å². The van der Waals surface area contributed by atoms with Crippen molar-refractivity contribution in [3.63, 3.8) is 0 Å². The zero-order valence-corrected chi connectivity index (χ0v) is 19.7. The van der Waals surface area contributed by atoms with Crippen LogP contribution in [0.3, 0.4) is 0 Å². The first-order valence-corrected chi connectivity index (χ1v) is 12.9. The first-order valence-electron chi connectivity index (χ1n) is 12.9. The monoisotopic (exact) mass is 450 g/mol. The molecule has 2 aliphatic carbocycles. The number of rotatable bonds is 10. The molecule has 0 bridgehead atoms. The predicted octanol–water partition coefficient (Wildman–Crippen LogP) is 9.27. The Bertz CT molecular complexity index is 663. The smallest absolute Gasteiger partial charge is 0.406 e. The molecule has 0 aliphatic heterocycles. The Balaban J connectivity index is 1.30. The molecule has 0 N–H and O–H groups in total. The first-order chi connectivity index (χ1) is 15.4. The van der Waals surface area contributed by atoms with Crippen molar-refractivity contribution in [2.75, 3.05) is 0 Å². The van der Waals surface area contributed by atoms with E-state index in [1.54, 1.807) is 12.1 Å². The van der Waals surface area contributed by atoms with E-state index in [0.717, 1.165) is 42.1 Å². The molecule has 0 spiro atoms. The molecule has 180 valence electrons. The molecule has 1 nitrogen and oxygen atoms in total. The van der Waals surface area contributed by atoms with E-state index in [1.165, 1.54) is 89.2 Å². The highest BCUT2D eigenvalue weighted by atomic mass is 19.4. The zero-order valence-electron chi connectivity index (χ0n) is 19.7. The molecule has 0 atom stereocenters. The van der Waals surface area contributed by atoms with Crippen LogP contribution in [0.4, 0.5) is 13.2 Å². The zero-order chi connectivity index (χ0) is 22.8. The van der Waals surface area contributed by atoms with Gasteiger partial charge in [0.15, 0.2) is 0 Å². The second-order valence-electron chi connectivity index (χ2n) is 10.2. The largest absolute Gasteiger partial charge is 0.573 e. The summed E-state index contributed by atoms with van der Waals surface area (Å²) in [6.45, 7) is 2.29. The summed E-state index contributed by atoms with van der Waals surface area (Å²) in [5.41, 5.74) is 1.00. The standard InChI is InChI=1S/C28H41F3O/c1-2-3-4-7-22-10-16-25(17-11-22)26-18-12-23(13-19-26)8-5-6-9-24-14-20-27(21-15-24)32-28(29,30)31/h5-6,14-15,20-23,25-26H,2-4,7-13,16-19H2,1H3. The predicted molar refractivity (Wildman–Crippen MR) is 126 cm³/mol. The van der Waals surface area contributed by atoms with Crippen LogP contribution < -0.4 is 4.74 Å². The lowest BCUT2D eigenvalue weighted by atomic mass is 9.68. The lowest BCUT2D eigenvalue weighted by Crippen LogP contribution is -2.25. The average Bonchev–Trinajstić information content (AvgIpc) is 2.78. The van der Waals surface area contributed by atoms with Crippen molar-refractivity contribution in [1.82, 2.24) is 0 Å². The van der Waals surface area contributed by atoms with Crippen LogP contribution >= 0.6 is 0 Å². The number of unbranched alkanes of at least 4 members (excludes halogenated alkanes) is 2. The van der Waals surface area contributed by atoms with Gasteiger partial charge in [0.05, 0.1) is 0 Å². The minimum atomic E-state index is -4.63. The lowest BCUT2D eigenvalue weighted by Gasteiger charge is -2.37. The van der Waals surface area contributed by atoms with Gasteiger partial charge in [-0.05, 0) is 92.7 Å². The van der Waals surface area contributed by atoms with Crippen molar-refractivity contribution in [2.24, 2.45) is 23.7 Å². The van der Waals surface area contributed by atoms with Crippen LogP contribution in [0.2, 0.25) is 0 Å². The van der Waals surface area contributed by atoms with Gasteiger partial charge in [0.25, 0.3) is 0 Å². The molecule has 0 saturated heterocycles. The van der Waals surface area contributed by atoms with E-state index in [1.807, 2.05) is 0 Å². The van der Waals surface area contributed by atoms with E-state index >= 15 is 0 Å². The van der Waals surface area contributed by atoms with E-state index in [0.29, 0.717) is 0 Å². The topological polar surface area (TPSA) is 9.23 Å². The van der Waals surface area contributed by atoms with Crippen LogP contribution in [0.15, 0.2) is 36.4 Å². The second kappa shape index (κ2) is 12.7. The summed E-state index contributed by atoms with van der Waals surface area (Å²) in [6, 6.07) is 6.18. The molecule has 0 unspecified atom stereocenters. The number of halogens is 3. The highest BCUT2D eigenvalue weighted by Gasteiger charge is 2.31. The van der Waals surface area contributed by atoms with Crippen LogP contribution in [-0.2, 0) is 6.42 Å². The molecule has 0 radical (unpaired) electrons. The van der Waals surface area contributed by atoms with E-state index < -0.39 is 6.36 Å². The molecule has 1 aromatic carbocycles. The van der Waals surface area contributed by atoms with Gasteiger partial charge in [-0.3, -0.25) is 0 Å². The SMILES string of the molecule is CCCCCC1CCC(C2CCC(CC=CCc3ccc(OC(F)(F)F)cc3)CC2)CC1. The number of alkyl halides is 3. The van der Waals surface area contributed by atoms with Crippen molar-refractivity contribution >= 4 is 0 Å². The average molecular weight is 451 g/mol. The third-order valence-electron chi connectivity index (χ3n) is 7.81. The number of hydrogen-bond donors (Lipinski definition) is 0. The third kappa shape index (κ3) is 8.83. The maximum absolute atomic E-state index is 12.2. The molecule has 32 heavy (non-hydrogen) atoms. The minimum absolute atomic E-state index is 0.160. The van der Waals surface area contributed by atoms with Crippen LogP contribution in [-0.4, -0.2) is 6.36 Å². The van der Waals surface area contributed by atoms with Crippen LogP contribution in [0.1, 0.15) is 96.0 Å². The Labute approximate surface area is 192 Å². The summed E-state index contributed by atoms with van der Waals surface area (Å²) in [5.74, 6) is 3.59. The van der Waals surface area contributed by atoms with Crippen molar-refractivity contribution in [3.05, 3.63) is 42.0 Å². The van der Waals surface area contributed by atoms with Gasteiger partial charge >= 0.3 is 6.36 Å². The summed E-state index contributed by atoms with van der Waals surface area (Å²) < 4.78 is 40.6. The molecule has 2 saturated carbocycles. The van der Waals surface area contributed by atoms with Crippen LogP contribution in [0.25, 0.3) is 0 Å². The fourth-order valence-electron chi connectivity index (χ4n) is 5.86. The molecule has 0 aromatic heterocycles. The van der Waals surface area contributed by atoms with Gasteiger partial charge in [0.2, 0.25) is 0 Å². The molecule has 2 fully saturated rings. The number of allylic oxidation sites excluding steroid dienone is 2. The Morgan fingerprint density at radius 2 is 1.41 bits per heavy atom. The first kappa shape index (κ1) is 25.2. The molecule has 2 aliphatic rings. The van der Waals surface area contributed by atoms with Gasteiger partial charge in [-0.2, -0.15) is 0 Å². The normalized spacial score (nSPS) is 27.0. The quantitative estimate of drug-likeness (QED) is 0.255. The number of benzene rings is 1. The Kier molecular flexibility index (Phi) is 9.99. The Morgan fingerprint density at radius 3 is 1.97 bits per heavy atom. The maximum atomic E-state index is 12.2. The molecule has 0 heterocycles. The molecule has 3 rings (SSSR count). The Hall–Kier alpha value is -1.45. The molecule has 1 aromatic rings. The van der Waals surface area contributed by atoms with E-state index in [2.05, 4.69) is 23.8 Å². The summed E-state index contributed by atoms with van der Waals surface area (Å²) in [5, 5.41) is 0. The number of ether oxygens (including phenoxy) is 1. The van der Waals surface area contributed by atoms with Crippen molar-refractivity contribution in [1.29, 1.82) is 0 Å². The van der Waals surface area contributed by atoms with Gasteiger partial charge in [-0.1, -0.05) is 69.7 Å². The van der Waals surface area contributed by atoms with Gasteiger partial charge < -0.3 is 4.74 Å². The third-order valence-corrected chi connectivity index (χ3v) is 7.81.